The summed E-state index contributed by atoms with van der Waals surface area (Å²) in [5.74, 6) is -0.264. The number of carbonyl (C=O) groups excluding carboxylic acids is 1. The van der Waals surface area contributed by atoms with Gasteiger partial charge in [-0.05, 0) is 0 Å². The van der Waals surface area contributed by atoms with Gasteiger partial charge in [0.2, 0.25) is 5.91 Å². The molecule has 17 heavy (non-hydrogen) atoms. The minimum Gasteiger partial charge on any atom is -0.355 e. The van der Waals surface area contributed by atoms with E-state index >= 15 is 0 Å². The molecule has 1 amide bonds. The van der Waals surface area contributed by atoms with Gasteiger partial charge in [0.05, 0.1) is 11.3 Å². The molecule has 7 heteroatoms. The predicted octanol–water partition coefficient (Wildman–Crippen LogP) is 0.634. The van der Waals surface area contributed by atoms with Crippen LogP contribution in [0.4, 0.5) is 5.69 Å². The summed E-state index contributed by atoms with van der Waals surface area (Å²) >= 11 is 0. The van der Waals surface area contributed by atoms with Crippen LogP contribution in [0.5, 0.6) is 0 Å². The van der Waals surface area contributed by atoms with Gasteiger partial charge < -0.3 is 11.1 Å². The molecule has 0 radical (unpaired) electrons. The zero-order chi connectivity index (χ0) is 12.0. The first-order chi connectivity index (χ1) is 7.65. The van der Waals surface area contributed by atoms with Gasteiger partial charge >= 0.3 is 0 Å². The average molecular weight is 260 g/mol. The van der Waals surface area contributed by atoms with Crippen LogP contribution in [0.2, 0.25) is 0 Å². The number of nitrogens with one attached hydrogen (secondary N) is 1. The molecule has 0 heterocycles. The van der Waals surface area contributed by atoms with E-state index in [-0.39, 0.29) is 30.4 Å². The van der Waals surface area contributed by atoms with Crippen molar-refractivity contribution in [3.63, 3.8) is 0 Å². The summed E-state index contributed by atoms with van der Waals surface area (Å²) in [6, 6.07) is 6.18. The third kappa shape index (κ3) is 4.80. The number of para-hydroxylation sites is 1. The molecule has 0 saturated heterocycles. The maximum absolute atomic E-state index is 11.4. The Morgan fingerprint density at radius 2 is 2.06 bits per heavy atom. The summed E-state index contributed by atoms with van der Waals surface area (Å²) in [5, 5.41) is 13.2. The van der Waals surface area contributed by atoms with Crippen LogP contribution < -0.4 is 11.1 Å². The Morgan fingerprint density at radius 1 is 1.41 bits per heavy atom. The first-order valence-electron chi connectivity index (χ1n) is 4.84. The van der Waals surface area contributed by atoms with Gasteiger partial charge in [-0.3, -0.25) is 14.9 Å². The van der Waals surface area contributed by atoms with E-state index in [2.05, 4.69) is 5.32 Å². The first-order valence-corrected chi connectivity index (χ1v) is 4.84. The highest BCUT2D eigenvalue weighted by Crippen LogP contribution is 2.17. The summed E-state index contributed by atoms with van der Waals surface area (Å²) in [4.78, 5) is 21.5. The Bertz CT molecular complexity index is 398. The average Bonchev–Trinajstić information content (AvgIpc) is 2.27. The van der Waals surface area contributed by atoms with Crippen molar-refractivity contribution in [2.24, 2.45) is 5.73 Å². The van der Waals surface area contributed by atoms with Crippen molar-refractivity contribution in [2.45, 2.75) is 6.42 Å². The molecule has 1 aromatic rings. The molecule has 6 nitrogen and oxygen atoms in total. The Hall–Kier alpha value is -1.66. The number of nitro groups is 1. The molecule has 1 rings (SSSR count). The molecular weight excluding hydrogens is 246 g/mol. The summed E-state index contributed by atoms with van der Waals surface area (Å²) in [6.45, 7) is 0.724. The van der Waals surface area contributed by atoms with E-state index in [4.69, 9.17) is 5.73 Å². The van der Waals surface area contributed by atoms with Gasteiger partial charge in [0.15, 0.2) is 0 Å². The Kier molecular flexibility index (Phi) is 6.85. The number of nitrogens with two attached hydrogens (primary N) is 1. The van der Waals surface area contributed by atoms with E-state index < -0.39 is 4.92 Å². The van der Waals surface area contributed by atoms with Gasteiger partial charge in [-0.2, -0.15) is 0 Å². The first kappa shape index (κ1) is 15.3. The van der Waals surface area contributed by atoms with Crippen molar-refractivity contribution in [3.8, 4) is 0 Å². The molecule has 0 fully saturated rings. The van der Waals surface area contributed by atoms with E-state index in [1.54, 1.807) is 18.2 Å². The molecule has 0 spiro atoms. The summed E-state index contributed by atoms with van der Waals surface area (Å²) in [5.41, 5.74) is 5.59. The van der Waals surface area contributed by atoms with Gasteiger partial charge in [-0.25, -0.2) is 0 Å². The second-order valence-corrected chi connectivity index (χ2v) is 3.20. The molecule has 0 saturated carbocycles. The Balaban J connectivity index is 0.00000256. The monoisotopic (exact) mass is 259 g/mol. The highest BCUT2D eigenvalue weighted by atomic mass is 35.5. The van der Waals surface area contributed by atoms with Gasteiger partial charge in [-0.1, -0.05) is 18.2 Å². The summed E-state index contributed by atoms with van der Waals surface area (Å²) in [7, 11) is 0. The van der Waals surface area contributed by atoms with Crippen molar-refractivity contribution in [3.05, 3.63) is 39.9 Å². The van der Waals surface area contributed by atoms with Crippen LogP contribution in [-0.2, 0) is 11.2 Å². The Labute approximate surface area is 105 Å². The smallest absolute Gasteiger partial charge is 0.273 e. The second-order valence-electron chi connectivity index (χ2n) is 3.20. The maximum Gasteiger partial charge on any atom is 0.273 e. The lowest BCUT2D eigenvalue weighted by Crippen LogP contribution is -2.30. The number of halogens is 1. The van der Waals surface area contributed by atoms with Crippen LogP contribution in [-0.4, -0.2) is 23.9 Å². The van der Waals surface area contributed by atoms with Crippen molar-refractivity contribution in [1.29, 1.82) is 0 Å². The standard InChI is InChI=1S/C10H13N3O3.ClH/c11-5-6-12-10(14)7-8-3-1-2-4-9(8)13(15)16;/h1-4H,5-7,11H2,(H,12,14);1H. The maximum atomic E-state index is 11.4. The second kappa shape index (κ2) is 7.59. The molecule has 0 aromatic heterocycles. The van der Waals surface area contributed by atoms with Crippen LogP contribution in [0.1, 0.15) is 5.56 Å². The highest BCUT2D eigenvalue weighted by molar-refractivity contribution is 5.85. The number of hydrogen-bond donors (Lipinski definition) is 2. The van der Waals surface area contributed by atoms with Crippen LogP contribution in [0.3, 0.4) is 0 Å². The molecule has 1 aromatic carbocycles. The van der Waals surface area contributed by atoms with Crippen molar-refractivity contribution < 1.29 is 9.72 Å². The van der Waals surface area contributed by atoms with Crippen LogP contribution >= 0.6 is 12.4 Å². The summed E-state index contributed by atoms with van der Waals surface area (Å²) in [6.07, 6.45) is -0.00282. The Morgan fingerprint density at radius 3 is 2.65 bits per heavy atom. The van der Waals surface area contributed by atoms with Gasteiger partial charge in [-0.15, -0.1) is 12.4 Å². The number of rotatable bonds is 5. The molecule has 0 aliphatic rings. The minimum atomic E-state index is -0.494. The quantitative estimate of drug-likeness (QED) is 0.599. The minimum absolute atomic E-state index is 0. The lowest BCUT2D eigenvalue weighted by molar-refractivity contribution is -0.385. The number of nitro benzene ring substituents is 1. The number of hydrogen-bond acceptors (Lipinski definition) is 4. The normalized spacial score (nSPS) is 9.24. The molecule has 0 aliphatic heterocycles. The fourth-order valence-corrected chi connectivity index (χ4v) is 1.29. The van der Waals surface area contributed by atoms with Crippen molar-refractivity contribution >= 4 is 24.0 Å². The number of amides is 1. The predicted molar refractivity (Wildman–Crippen MR) is 66.1 cm³/mol. The van der Waals surface area contributed by atoms with Crippen molar-refractivity contribution in [1.82, 2.24) is 5.32 Å². The molecule has 0 bridgehead atoms. The zero-order valence-electron chi connectivity index (χ0n) is 9.09. The number of carbonyl (C=O) groups is 1. The molecule has 3 N–H and O–H groups in total. The lowest BCUT2D eigenvalue weighted by atomic mass is 10.1. The third-order valence-electron chi connectivity index (χ3n) is 2.01. The fraction of sp³-hybridized carbons (Fsp3) is 0.300. The molecule has 0 atom stereocenters. The lowest BCUT2D eigenvalue weighted by Gasteiger charge is -2.04. The van der Waals surface area contributed by atoms with Gasteiger partial charge in [0, 0.05) is 24.7 Å². The molecule has 0 unspecified atom stereocenters. The fourth-order valence-electron chi connectivity index (χ4n) is 1.29. The zero-order valence-corrected chi connectivity index (χ0v) is 9.90. The largest absolute Gasteiger partial charge is 0.355 e. The van der Waals surface area contributed by atoms with E-state index in [0.29, 0.717) is 18.7 Å². The summed E-state index contributed by atoms with van der Waals surface area (Å²) < 4.78 is 0. The van der Waals surface area contributed by atoms with E-state index in [1.807, 2.05) is 0 Å². The van der Waals surface area contributed by atoms with Crippen molar-refractivity contribution in [2.75, 3.05) is 13.1 Å². The van der Waals surface area contributed by atoms with Crippen LogP contribution in [0, 0.1) is 10.1 Å². The van der Waals surface area contributed by atoms with Gasteiger partial charge in [0.25, 0.3) is 5.69 Å². The van der Waals surface area contributed by atoms with Crippen LogP contribution in [0.15, 0.2) is 24.3 Å². The van der Waals surface area contributed by atoms with E-state index in [9.17, 15) is 14.9 Å². The molecule has 94 valence electrons. The number of nitrogens with zero attached hydrogens (tertiary/aromatic N) is 1. The number of benzene rings is 1. The molecular formula is C10H14ClN3O3. The van der Waals surface area contributed by atoms with Crippen LogP contribution in [0.25, 0.3) is 0 Å². The van der Waals surface area contributed by atoms with Gasteiger partial charge in [0.1, 0.15) is 0 Å². The topological polar surface area (TPSA) is 98.3 Å². The van der Waals surface area contributed by atoms with E-state index in [1.165, 1.54) is 6.07 Å². The van der Waals surface area contributed by atoms with E-state index in [0.717, 1.165) is 0 Å². The third-order valence-corrected chi connectivity index (χ3v) is 2.01. The SMILES string of the molecule is Cl.NCCNC(=O)Cc1ccccc1[N+](=O)[O-]. The molecule has 0 aliphatic carbocycles. The highest BCUT2D eigenvalue weighted by Gasteiger charge is 2.14.